The smallest absolute Gasteiger partial charge is 0.276 e. The van der Waals surface area contributed by atoms with Crippen LogP contribution in [0.1, 0.15) is 52.1 Å². The maximum absolute atomic E-state index is 12.8. The van der Waals surface area contributed by atoms with Gasteiger partial charge in [0.05, 0.1) is 11.5 Å². The van der Waals surface area contributed by atoms with Crippen molar-refractivity contribution >= 4 is 17.7 Å². The number of rotatable bonds is 2. The Bertz CT molecular complexity index is 680. The minimum Gasteiger partial charge on any atom is -0.468 e. The van der Waals surface area contributed by atoms with E-state index in [0.29, 0.717) is 10.9 Å². The van der Waals surface area contributed by atoms with Gasteiger partial charge in [-0.2, -0.15) is 0 Å². The third kappa shape index (κ3) is 2.92. The molecule has 1 amide bonds. The molecule has 0 spiro atoms. The van der Waals surface area contributed by atoms with E-state index in [9.17, 15) is 4.79 Å². The molecule has 0 unspecified atom stereocenters. The fourth-order valence-corrected chi connectivity index (χ4v) is 4.56. The first-order valence-corrected chi connectivity index (χ1v) is 9.29. The highest BCUT2D eigenvalue weighted by molar-refractivity contribution is 7.99. The van der Waals surface area contributed by atoms with Crippen molar-refractivity contribution in [3.05, 3.63) is 41.2 Å². The van der Waals surface area contributed by atoms with Gasteiger partial charge in [-0.25, -0.2) is 0 Å². The van der Waals surface area contributed by atoms with Crippen LogP contribution in [0.5, 0.6) is 0 Å². The number of amides is 1. The molecule has 2 aliphatic rings. The molecule has 1 saturated heterocycles. The minimum atomic E-state index is 0.0256. The predicted octanol–water partition coefficient (Wildman–Crippen LogP) is 3.47. The standard InChI is InChI=1S/C17H20N2O3S/c20-17(16-12-4-1-2-5-13(12)22-18-16)19-8-7-15(23-11-9-19)14-6-3-10-21-14/h3,6,10,15H,1-2,4-5,7-9,11H2/t15-/m0/s1. The van der Waals surface area contributed by atoms with E-state index in [1.807, 2.05) is 28.8 Å². The highest BCUT2D eigenvalue weighted by atomic mass is 32.2. The zero-order chi connectivity index (χ0) is 15.6. The van der Waals surface area contributed by atoms with Gasteiger partial charge in [0.15, 0.2) is 5.69 Å². The van der Waals surface area contributed by atoms with Gasteiger partial charge in [-0.1, -0.05) is 5.16 Å². The number of carbonyl (C=O) groups excluding carboxylic acids is 1. The lowest BCUT2D eigenvalue weighted by molar-refractivity contribution is 0.0754. The van der Waals surface area contributed by atoms with Gasteiger partial charge in [0.1, 0.15) is 11.5 Å². The Kier molecular flexibility index (Phi) is 4.16. The summed E-state index contributed by atoms with van der Waals surface area (Å²) < 4.78 is 10.9. The van der Waals surface area contributed by atoms with E-state index in [2.05, 4.69) is 5.16 Å². The molecule has 122 valence electrons. The summed E-state index contributed by atoms with van der Waals surface area (Å²) in [4.78, 5) is 14.8. The van der Waals surface area contributed by atoms with Gasteiger partial charge in [0.25, 0.3) is 5.91 Å². The van der Waals surface area contributed by atoms with Gasteiger partial charge >= 0.3 is 0 Å². The highest BCUT2D eigenvalue weighted by Crippen LogP contribution is 2.35. The van der Waals surface area contributed by atoms with E-state index in [0.717, 1.165) is 68.0 Å². The molecule has 2 aromatic heterocycles. The van der Waals surface area contributed by atoms with Crippen LogP contribution in [0, 0.1) is 0 Å². The zero-order valence-electron chi connectivity index (χ0n) is 13.0. The Labute approximate surface area is 139 Å². The van der Waals surface area contributed by atoms with Crippen molar-refractivity contribution in [3.63, 3.8) is 0 Å². The van der Waals surface area contributed by atoms with Crippen molar-refractivity contribution < 1.29 is 13.7 Å². The molecule has 1 atom stereocenters. The Morgan fingerprint density at radius 1 is 1.30 bits per heavy atom. The molecule has 0 bridgehead atoms. The largest absolute Gasteiger partial charge is 0.468 e. The van der Waals surface area contributed by atoms with Crippen LogP contribution < -0.4 is 0 Å². The molecule has 1 fully saturated rings. The monoisotopic (exact) mass is 332 g/mol. The molecular formula is C17H20N2O3S. The molecule has 3 heterocycles. The minimum absolute atomic E-state index is 0.0256. The fraction of sp³-hybridized carbons (Fsp3) is 0.529. The van der Waals surface area contributed by atoms with Crippen molar-refractivity contribution in [2.75, 3.05) is 18.8 Å². The Morgan fingerprint density at radius 2 is 2.22 bits per heavy atom. The summed E-state index contributed by atoms with van der Waals surface area (Å²) in [6.07, 6.45) is 6.69. The van der Waals surface area contributed by atoms with Crippen molar-refractivity contribution in [2.45, 2.75) is 37.4 Å². The average Bonchev–Trinajstić information content (AvgIpc) is 3.19. The number of fused-ring (bicyclic) bond motifs is 1. The molecule has 5 nitrogen and oxygen atoms in total. The van der Waals surface area contributed by atoms with Gasteiger partial charge in [0.2, 0.25) is 0 Å². The van der Waals surface area contributed by atoms with Gasteiger partial charge in [-0.05, 0) is 37.8 Å². The van der Waals surface area contributed by atoms with Gasteiger partial charge in [-0.3, -0.25) is 4.79 Å². The Balaban J connectivity index is 1.48. The molecule has 0 aromatic carbocycles. The second-order valence-corrected chi connectivity index (χ2v) is 7.41. The highest BCUT2D eigenvalue weighted by Gasteiger charge is 2.29. The number of nitrogens with zero attached hydrogens (tertiary/aromatic N) is 2. The molecule has 1 aliphatic heterocycles. The zero-order valence-corrected chi connectivity index (χ0v) is 13.8. The number of aromatic nitrogens is 1. The molecular weight excluding hydrogens is 312 g/mol. The molecule has 2 aromatic rings. The van der Waals surface area contributed by atoms with E-state index in [-0.39, 0.29) is 5.91 Å². The van der Waals surface area contributed by atoms with Gasteiger partial charge in [-0.15, -0.1) is 11.8 Å². The van der Waals surface area contributed by atoms with Crippen molar-refractivity contribution in [1.82, 2.24) is 10.1 Å². The van der Waals surface area contributed by atoms with Crippen LogP contribution in [0.15, 0.2) is 27.3 Å². The van der Waals surface area contributed by atoms with Crippen LogP contribution in [0.25, 0.3) is 0 Å². The third-order valence-electron chi connectivity index (χ3n) is 4.64. The van der Waals surface area contributed by atoms with Crippen LogP contribution in [0.4, 0.5) is 0 Å². The second-order valence-electron chi connectivity index (χ2n) is 6.10. The Hall–Kier alpha value is -1.69. The number of hydrogen-bond donors (Lipinski definition) is 0. The van der Waals surface area contributed by atoms with E-state index in [1.165, 1.54) is 0 Å². The molecule has 1 aliphatic carbocycles. The third-order valence-corrected chi connectivity index (χ3v) is 5.93. The fourth-order valence-electron chi connectivity index (χ4n) is 3.38. The Morgan fingerprint density at radius 3 is 3.09 bits per heavy atom. The summed E-state index contributed by atoms with van der Waals surface area (Å²) in [5.74, 6) is 2.86. The summed E-state index contributed by atoms with van der Waals surface area (Å²) >= 11 is 1.86. The molecule has 23 heavy (non-hydrogen) atoms. The number of thioether (sulfide) groups is 1. The van der Waals surface area contributed by atoms with E-state index >= 15 is 0 Å². The summed E-state index contributed by atoms with van der Waals surface area (Å²) in [6.45, 7) is 1.49. The summed E-state index contributed by atoms with van der Waals surface area (Å²) in [7, 11) is 0. The van der Waals surface area contributed by atoms with E-state index < -0.39 is 0 Å². The molecule has 6 heteroatoms. The van der Waals surface area contributed by atoms with Gasteiger partial charge in [0, 0.05) is 30.8 Å². The maximum atomic E-state index is 12.8. The summed E-state index contributed by atoms with van der Waals surface area (Å²) in [6, 6.07) is 3.94. The van der Waals surface area contributed by atoms with Gasteiger partial charge < -0.3 is 13.8 Å². The molecule has 0 saturated carbocycles. The summed E-state index contributed by atoms with van der Waals surface area (Å²) in [5.41, 5.74) is 1.59. The summed E-state index contributed by atoms with van der Waals surface area (Å²) in [5, 5.41) is 4.41. The first-order chi connectivity index (χ1) is 11.3. The first kappa shape index (κ1) is 14.9. The molecule has 0 radical (unpaired) electrons. The number of furan rings is 1. The maximum Gasteiger partial charge on any atom is 0.276 e. The quantitative estimate of drug-likeness (QED) is 0.843. The van der Waals surface area contributed by atoms with Crippen LogP contribution in [-0.2, 0) is 12.8 Å². The first-order valence-electron chi connectivity index (χ1n) is 8.24. The van der Waals surface area contributed by atoms with Crippen LogP contribution in [-0.4, -0.2) is 34.8 Å². The lowest BCUT2D eigenvalue weighted by atomic mass is 9.96. The van der Waals surface area contributed by atoms with E-state index in [1.54, 1.807) is 6.26 Å². The van der Waals surface area contributed by atoms with E-state index in [4.69, 9.17) is 8.94 Å². The topological polar surface area (TPSA) is 59.5 Å². The van der Waals surface area contributed by atoms with Crippen molar-refractivity contribution in [1.29, 1.82) is 0 Å². The lowest BCUT2D eigenvalue weighted by Crippen LogP contribution is -2.34. The predicted molar refractivity (Wildman–Crippen MR) is 87.6 cm³/mol. The van der Waals surface area contributed by atoms with Crippen LogP contribution in [0.2, 0.25) is 0 Å². The molecule has 0 N–H and O–H groups in total. The SMILES string of the molecule is O=C(c1noc2c1CCCC2)N1CCS[C@H](c2ccco2)CC1. The molecule has 4 rings (SSSR count). The average molecular weight is 332 g/mol. The number of hydrogen-bond acceptors (Lipinski definition) is 5. The second kappa shape index (κ2) is 6.43. The normalized spacial score (nSPS) is 21.7. The van der Waals surface area contributed by atoms with Crippen molar-refractivity contribution in [2.24, 2.45) is 0 Å². The van der Waals surface area contributed by atoms with Crippen LogP contribution in [0.3, 0.4) is 0 Å². The lowest BCUT2D eigenvalue weighted by Gasteiger charge is -2.19. The number of aryl methyl sites for hydroxylation is 1. The van der Waals surface area contributed by atoms with Crippen LogP contribution >= 0.6 is 11.8 Å². The van der Waals surface area contributed by atoms with Crippen molar-refractivity contribution in [3.8, 4) is 0 Å². The number of carbonyl (C=O) groups is 1.